The number of para-hydroxylation sites is 1. The first-order valence-electron chi connectivity index (χ1n) is 7.07. The molecule has 3 N–H and O–H groups in total. The molecule has 0 spiro atoms. The molecule has 0 bridgehead atoms. The fraction of sp³-hybridized carbons (Fsp3) is 0.533. The van der Waals surface area contributed by atoms with Crippen molar-refractivity contribution in [1.29, 1.82) is 0 Å². The van der Waals surface area contributed by atoms with E-state index in [1.54, 1.807) is 19.2 Å². The first-order valence-corrected chi connectivity index (χ1v) is 7.07. The van der Waals surface area contributed by atoms with E-state index >= 15 is 0 Å². The number of carbonyl (C=O) groups excluding carboxylic acids is 1. The Balaban J connectivity index is 1.81. The molecule has 0 aromatic heterocycles. The molecule has 0 saturated carbocycles. The van der Waals surface area contributed by atoms with Crippen LogP contribution in [-0.4, -0.2) is 50.2 Å². The molecule has 20 heavy (non-hydrogen) atoms. The van der Waals surface area contributed by atoms with Crippen LogP contribution in [0.1, 0.15) is 23.2 Å². The van der Waals surface area contributed by atoms with Gasteiger partial charge in [-0.1, -0.05) is 12.1 Å². The highest BCUT2D eigenvalue weighted by atomic mass is 16.5. The second-order valence-electron chi connectivity index (χ2n) is 5.17. The molecule has 5 heteroatoms. The minimum absolute atomic E-state index is 0.0709. The molecule has 110 valence electrons. The number of likely N-dealkylation sites (tertiary alicyclic amines) is 1. The topological polar surface area (TPSA) is 67.6 Å². The van der Waals surface area contributed by atoms with E-state index in [1.807, 2.05) is 12.1 Å². The van der Waals surface area contributed by atoms with Crippen molar-refractivity contribution < 1.29 is 9.53 Å². The van der Waals surface area contributed by atoms with Gasteiger partial charge in [-0.05, 0) is 25.0 Å². The third-order valence-corrected chi connectivity index (χ3v) is 3.74. The molecule has 0 aliphatic carbocycles. The number of nitrogen functional groups attached to an aromatic ring is 1. The van der Waals surface area contributed by atoms with E-state index in [1.165, 1.54) is 0 Å². The summed E-state index contributed by atoms with van der Waals surface area (Å²) >= 11 is 0. The number of methoxy groups -OCH3 is 1. The predicted octanol–water partition coefficient (Wildman–Crippen LogP) is 1.11. The van der Waals surface area contributed by atoms with Crippen LogP contribution in [0, 0.1) is 0 Å². The molecule has 1 saturated heterocycles. The Kier molecular flexibility index (Phi) is 5.38. The predicted molar refractivity (Wildman–Crippen MR) is 79.7 cm³/mol. The molecule has 0 unspecified atom stereocenters. The second kappa shape index (κ2) is 7.26. The standard InChI is InChI=1S/C15H23N3O2/c1-20-11-10-18-8-6-12(7-9-18)17-15(19)13-4-2-3-5-14(13)16/h2-5,12H,6-11,16H2,1H3,(H,17,19). The number of hydrogen-bond donors (Lipinski definition) is 2. The van der Waals surface area contributed by atoms with E-state index in [4.69, 9.17) is 10.5 Å². The molecule has 1 aliphatic rings. The molecule has 1 aromatic carbocycles. The number of carbonyl (C=O) groups is 1. The number of nitrogens with zero attached hydrogens (tertiary/aromatic N) is 1. The van der Waals surface area contributed by atoms with Crippen molar-refractivity contribution in [1.82, 2.24) is 10.2 Å². The van der Waals surface area contributed by atoms with Crippen LogP contribution in [0.3, 0.4) is 0 Å². The molecule has 1 heterocycles. The van der Waals surface area contributed by atoms with E-state index in [2.05, 4.69) is 10.2 Å². The number of benzene rings is 1. The maximum Gasteiger partial charge on any atom is 0.253 e. The molecule has 0 radical (unpaired) electrons. The van der Waals surface area contributed by atoms with E-state index in [9.17, 15) is 4.79 Å². The van der Waals surface area contributed by atoms with Crippen molar-refractivity contribution in [3.63, 3.8) is 0 Å². The second-order valence-corrected chi connectivity index (χ2v) is 5.17. The van der Waals surface area contributed by atoms with E-state index in [-0.39, 0.29) is 11.9 Å². The lowest BCUT2D eigenvalue weighted by atomic mass is 10.0. The Hall–Kier alpha value is -1.59. The van der Waals surface area contributed by atoms with Gasteiger partial charge in [-0.3, -0.25) is 4.79 Å². The van der Waals surface area contributed by atoms with Gasteiger partial charge in [0.05, 0.1) is 12.2 Å². The summed E-state index contributed by atoms with van der Waals surface area (Å²) in [7, 11) is 1.72. The molecular formula is C15H23N3O2. The van der Waals surface area contributed by atoms with Gasteiger partial charge in [-0.15, -0.1) is 0 Å². The molecular weight excluding hydrogens is 254 g/mol. The van der Waals surface area contributed by atoms with Crippen molar-refractivity contribution >= 4 is 11.6 Å². The van der Waals surface area contributed by atoms with Crippen LogP contribution in [0.15, 0.2) is 24.3 Å². The number of rotatable bonds is 5. The molecule has 5 nitrogen and oxygen atoms in total. The summed E-state index contributed by atoms with van der Waals surface area (Å²) < 4.78 is 5.08. The first kappa shape index (κ1) is 14.8. The zero-order valence-electron chi connectivity index (χ0n) is 12.0. The van der Waals surface area contributed by atoms with Crippen molar-refractivity contribution in [3.8, 4) is 0 Å². The number of hydrogen-bond acceptors (Lipinski definition) is 4. The minimum atomic E-state index is -0.0709. The number of nitrogens with one attached hydrogen (secondary N) is 1. The Morgan fingerprint density at radius 2 is 2.10 bits per heavy atom. The minimum Gasteiger partial charge on any atom is -0.398 e. The van der Waals surface area contributed by atoms with Crippen molar-refractivity contribution in [2.24, 2.45) is 0 Å². The van der Waals surface area contributed by atoms with Gasteiger partial charge in [-0.2, -0.15) is 0 Å². The molecule has 1 aromatic rings. The van der Waals surface area contributed by atoms with E-state index in [0.717, 1.165) is 39.1 Å². The van der Waals surface area contributed by atoms with Gasteiger partial charge in [0, 0.05) is 38.5 Å². The smallest absolute Gasteiger partial charge is 0.253 e. The fourth-order valence-corrected chi connectivity index (χ4v) is 2.49. The lowest BCUT2D eigenvalue weighted by Crippen LogP contribution is -2.45. The van der Waals surface area contributed by atoms with E-state index < -0.39 is 0 Å². The van der Waals surface area contributed by atoms with Crippen molar-refractivity contribution in [2.45, 2.75) is 18.9 Å². The quantitative estimate of drug-likeness (QED) is 0.791. The van der Waals surface area contributed by atoms with Gasteiger partial charge in [0.1, 0.15) is 0 Å². The largest absolute Gasteiger partial charge is 0.398 e. The van der Waals surface area contributed by atoms with Crippen molar-refractivity contribution in [2.75, 3.05) is 39.1 Å². The van der Waals surface area contributed by atoms with Gasteiger partial charge in [0.2, 0.25) is 0 Å². The number of nitrogens with two attached hydrogens (primary N) is 1. The number of amides is 1. The summed E-state index contributed by atoms with van der Waals surface area (Å²) in [5, 5.41) is 3.08. The van der Waals surface area contributed by atoms with Crippen LogP contribution >= 0.6 is 0 Å². The normalized spacial score (nSPS) is 17.1. The maximum atomic E-state index is 12.2. The summed E-state index contributed by atoms with van der Waals surface area (Å²) in [5.74, 6) is -0.0709. The molecule has 1 aliphatic heterocycles. The molecule has 1 fully saturated rings. The highest BCUT2D eigenvalue weighted by Gasteiger charge is 2.21. The first-order chi connectivity index (χ1) is 9.70. The average molecular weight is 277 g/mol. The summed E-state index contributed by atoms with van der Waals surface area (Å²) in [6.45, 7) is 3.72. The van der Waals surface area contributed by atoms with Gasteiger partial charge < -0.3 is 20.7 Å². The zero-order chi connectivity index (χ0) is 14.4. The summed E-state index contributed by atoms with van der Waals surface area (Å²) in [6, 6.07) is 7.42. The van der Waals surface area contributed by atoms with Crippen LogP contribution in [0.4, 0.5) is 5.69 Å². The van der Waals surface area contributed by atoms with Crippen LogP contribution < -0.4 is 11.1 Å². The third kappa shape index (κ3) is 3.95. The molecule has 0 atom stereocenters. The lowest BCUT2D eigenvalue weighted by molar-refractivity contribution is 0.0893. The van der Waals surface area contributed by atoms with Gasteiger partial charge in [0.25, 0.3) is 5.91 Å². The maximum absolute atomic E-state index is 12.2. The summed E-state index contributed by atoms with van der Waals surface area (Å²) in [4.78, 5) is 14.5. The lowest BCUT2D eigenvalue weighted by Gasteiger charge is -2.32. The fourth-order valence-electron chi connectivity index (χ4n) is 2.49. The van der Waals surface area contributed by atoms with Crippen molar-refractivity contribution in [3.05, 3.63) is 29.8 Å². The monoisotopic (exact) mass is 277 g/mol. The number of anilines is 1. The Bertz CT molecular complexity index is 442. The van der Waals surface area contributed by atoms with Crippen LogP contribution in [0.25, 0.3) is 0 Å². The van der Waals surface area contributed by atoms with E-state index in [0.29, 0.717) is 11.3 Å². The SMILES string of the molecule is COCCN1CCC(NC(=O)c2ccccc2N)CC1. The van der Waals surface area contributed by atoms with Crippen LogP contribution in [0.2, 0.25) is 0 Å². The number of ether oxygens (including phenoxy) is 1. The zero-order valence-corrected chi connectivity index (χ0v) is 12.0. The van der Waals surface area contributed by atoms with Crippen LogP contribution in [-0.2, 0) is 4.74 Å². The Labute approximate surface area is 120 Å². The summed E-state index contributed by atoms with van der Waals surface area (Å²) in [5.41, 5.74) is 6.91. The Morgan fingerprint density at radius 3 is 2.75 bits per heavy atom. The summed E-state index contributed by atoms with van der Waals surface area (Å²) in [6.07, 6.45) is 1.95. The van der Waals surface area contributed by atoms with Crippen LogP contribution in [0.5, 0.6) is 0 Å². The molecule has 2 rings (SSSR count). The highest BCUT2D eigenvalue weighted by Crippen LogP contribution is 2.14. The number of piperidine rings is 1. The molecule has 1 amide bonds. The van der Waals surface area contributed by atoms with Gasteiger partial charge >= 0.3 is 0 Å². The highest BCUT2D eigenvalue weighted by molar-refractivity contribution is 5.99. The van der Waals surface area contributed by atoms with Gasteiger partial charge in [0.15, 0.2) is 0 Å². The average Bonchev–Trinajstić information content (AvgIpc) is 2.47. The Morgan fingerprint density at radius 1 is 1.40 bits per heavy atom. The third-order valence-electron chi connectivity index (χ3n) is 3.74. The van der Waals surface area contributed by atoms with Gasteiger partial charge in [-0.25, -0.2) is 0 Å².